The molecule has 23 heavy (non-hydrogen) atoms. The van der Waals surface area contributed by atoms with E-state index >= 15 is 0 Å². The van der Waals surface area contributed by atoms with E-state index in [-0.39, 0.29) is 12.4 Å². The first-order chi connectivity index (χ1) is 11.1. The van der Waals surface area contributed by atoms with Gasteiger partial charge in [-0.2, -0.15) is 5.10 Å². The van der Waals surface area contributed by atoms with Crippen LogP contribution in [0.2, 0.25) is 0 Å². The Balaban J connectivity index is 1.88. The number of carbonyl (C=O) groups is 2. The second kappa shape index (κ2) is 7.64. The standard InChI is InChI=1S/C15H15N3O5/c1-21-14(19)13-7-6-12(23-13)9-22-11-4-2-10(3-5-11)8-17-18-15(16)20/h2-8H,9H2,1H3,(H3,16,18,20)/b17-8+. The summed E-state index contributed by atoms with van der Waals surface area (Å²) >= 11 is 0. The maximum atomic E-state index is 11.3. The third-order valence-corrected chi connectivity index (χ3v) is 2.70. The number of hydrogen-bond donors (Lipinski definition) is 2. The van der Waals surface area contributed by atoms with Crippen molar-refractivity contribution >= 4 is 18.2 Å². The Hall–Kier alpha value is -3.29. The molecule has 0 atom stereocenters. The Morgan fingerprint density at radius 1 is 1.26 bits per heavy atom. The molecule has 1 heterocycles. The summed E-state index contributed by atoms with van der Waals surface area (Å²) in [7, 11) is 1.28. The first-order valence-corrected chi connectivity index (χ1v) is 6.57. The molecule has 1 aromatic carbocycles. The fourth-order valence-corrected chi connectivity index (χ4v) is 1.64. The molecule has 0 unspecified atom stereocenters. The third-order valence-electron chi connectivity index (χ3n) is 2.70. The van der Waals surface area contributed by atoms with Gasteiger partial charge < -0.3 is 19.6 Å². The van der Waals surface area contributed by atoms with E-state index in [1.54, 1.807) is 30.3 Å². The van der Waals surface area contributed by atoms with Crippen LogP contribution >= 0.6 is 0 Å². The van der Waals surface area contributed by atoms with Crippen molar-refractivity contribution in [3.8, 4) is 5.75 Å². The number of nitrogens with one attached hydrogen (secondary N) is 1. The van der Waals surface area contributed by atoms with Gasteiger partial charge in [-0.3, -0.25) is 0 Å². The molecule has 0 saturated heterocycles. The molecule has 3 N–H and O–H groups in total. The van der Waals surface area contributed by atoms with Crippen LogP contribution in [0.25, 0.3) is 0 Å². The number of esters is 1. The zero-order valence-corrected chi connectivity index (χ0v) is 12.3. The van der Waals surface area contributed by atoms with Crippen LogP contribution in [0, 0.1) is 0 Å². The van der Waals surface area contributed by atoms with Crippen LogP contribution in [0.4, 0.5) is 4.79 Å². The van der Waals surface area contributed by atoms with Crippen molar-refractivity contribution < 1.29 is 23.5 Å². The summed E-state index contributed by atoms with van der Waals surface area (Å²) in [4.78, 5) is 21.7. The number of ether oxygens (including phenoxy) is 2. The van der Waals surface area contributed by atoms with Crippen LogP contribution < -0.4 is 15.9 Å². The van der Waals surface area contributed by atoms with Crippen molar-refractivity contribution in [2.45, 2.75) is 6.61 Å². The molecule has 8 nitrogen and oxygen atoms in total. The van der Waals surface area contributed by atoms with Crippen molar-refractivity contribution in [1.29, 1.82) is 0 Å². The number of amides is 2. The Kier molecular flexibility index (Phi) is 5.35. The van der Waals surface area contributed by atoms with Crippen LogP contribution in [0.1, 0.15) is 21.9 Å². The Morgan fingerprint density at radius 3 is 2.65 bits per heavy atom. The lowest BCUT2D eigenvalue weighted by molar-refractivity contribution is 0.0561. The van der Waals surface area contributed by atoms with E-state index in [2.05, 4.69) is 15.3 Å². The topological polar surface area (TPSA) is 116 Å². The van der Waals surface area contributed by atoms with Gasteiger partial charge in [-0.15, -0.1) is 0 Å². The van der Waals surface area contributed by atoms with Crippen LogP contribution in [0.5, 0.6) is 5.75 Å². The smallest absolute Gasteiger partial charge is 0.373 e. The highest BCUT2D eigenvalue weighted by Gasteiger charge is 2.11. The zero-order valence-electron chi connectivity index (χ0n) is 12.3. The number of urea groups is 1. The third kappa shape index (κ3) is 4.88. The van der Waals surface area contributed by atoms with Crippen LogP contribution in [0.3, 0.4) is 0 Å². The summed E-state index contributed by atoms with van der Waals surface area (Å²) in [5.74, 6) is 0.701. The van der Waals surface area contributed by atoms with Crippen molar-refractivity contribution in [3.05, 3.63) is 53.5 Å². The lowest BCUT2D eigenvalue weighted by Crippen LogP contribution is -2.24. The minimum atomic E-state index is -0.731. The number of hydrazone groups is 1. The SMILES string of the molecule is COC(=O)c1ccc(COc2ccc(/C=N/NC(N)=O)cc2)o1. The summed E-state index contributed by atoms with van der Waals surface area (Å²) in [6.07, 6.45) is 1.45. The van der Waals surface area contributed by atoms with E-state index in [0.717, 1.165) is 5.56 Å². The van der Waals surface area contributed by atoms with Gasteiger partial charge in [0.05, 0.1) is 13.3 Å². The predicted molar refractivity (Wildman–Crippen MR) is 81.1 cm³/mol. The van der Waals surface area contributed by atoms with Crippen LogP contribution in [-0.4, -0.2) is 25.3 Å². The van der Waals surface area contributed by atoms with Gasteiger partial charge in [-0.1, -0.05) is 0 Å². The molecular formula is C15H15N3O5. The average Bonchev–Trinajstić information content (AvgIpc) is 3.02. The summed E-state index contributed by atoms with van der Waals surface area (Å²) in [6, 6.07) is 9.41. The Bertz CT molecular complexity index is 706. The summed E-state index contributed by atoms with van der Waals surface area (Å²) < 4.78 is 15.4. The Labute approximate surface area is 131 Å². The molecule has 1 aromatic heterocycles. The van der Waals surface area contributed by atoms with Crippen molar-refractivity contribution in [1.82, 2.24) is 5.43 Å². The lowest BCUT2D eigenvalue weighted by atomic mass is 10.2. The van der Waals surface area contributed by atoms with Gasteiger partial charge in [0.25, 0.3) is 0 Å². The van der Waals surface area contributed by atoms with E-state index in [1.165, 1.54) is 19.4 Å². The highest BCUT2D eigenvalue weighted by molar-refractivity contribution is 5.86. The molecule has 0 spiro atoms. The fraction of sp³-hybridized carbons (Fsp3) is 0.133. The molecule has 2 amide bonds. The maximum absolute atomic E-state index is 11.3. The van der Waals surface area contributed by atoms with Crippen molar-refractivity contribution in [2.24, 2.45) is 10.8 Å². The number of furan rings is 1. The number of carbonyl (C=O) groups excluding carboxylic acids is 2. The number of methoxy groups -OCH3 is 1. The van der Waals surface area contributed by atoms with Gasteiger partial charge in [0, 0.05) is 0 Å². The molecule has 2 aromatic rings. The van der Waals surface area contributed by atoms with Gasteiger partial charge in [0.15, 0.2) is 0 Å². The molecule has 0 aliphatic carbocycles. The molecule has 0 radical (unpaired) electrons. The normalized spacial score (nSPS) is 10.5. The van der Waals surface area contributed by atoms with E-state index in [0.29, 0.717) is 11.5 Å². The number of nitrogens with two attached hydrogens (primary N) is 1. The first kappa shape index (κ1) is 16.1. The molecule has 0 fully saturated rings. The highest BCUT2D eigenvalue weighted by atomic mass is 16.5. The van der Waals surface area contributed by atoms with E-state index in [4.69, 9.17) is 14.9 Å². The number of primary amides is 1. The quantitative estimate of drug-likeness (QED) is 0.477. The molecule has 120 valence electrons. The number of hydrogen-bond acceptors (Lipinski definition) is 6. The monoisotopic (exact) mass is 317 g/mol. The summed E-state index contributed by atoms with van der Waals surface area (Å²) in [5.41, 5.74) is 7.74. The second-order valence-corrected chi connectivity index (χ2v) is 4.35. The number of rotatable bonds is 6. The molecule has 0 aliphatic rings. The average molecular weight is 317 g/mol. The van der Waals surface area contributed by atoms with Crippen LogP contribution in [0.15, 0.2) is 45.9 Å². The summed E-state index contributed by atoms with van der Waals surface area (Å²) in [6.45, 7) is 0.174. The summed E-state index contributed by atoms with van der Waals surface area (Å²) in [5, 5.41) is 3.64. The minimum Gasteiger partial charge on any atom is -0.486 e. The van der Waals surface area contributed by atoms with Crippen LogP contribution in [-0.2, 0) is 11.3 Å². The Morgan fingerprint density at radius 2 is 2.00 bits per heavy atom. The van der Waals surface area contributed by atoms with Gasteiger partial charge in [0.2, 0.25) is 5.76 Å². The van der Waals surface area contributed by atoms with Gasteiger partial charge in [-0.25, -0.2) is 15.0 Å². The molecular weight excluding hydrogens is 302 g/mol. The van der Waals surface area contributed by atoms with Gasteiger partial charge >= 0.3 is 12.0 Å². The van der Waals surface area contributed by atoms with Crippen molar-refractivity contribution in [2.75, 3.05) is 7.11 Å². The van der Waals surface area contributed by atoms with E-state index in [9.17, 15) is 9.59 Å². The number of benzene rings is 1. The highest BCUT2D eigenvalue weighted by Crippen LogP contribution is 2.15. The van der Waals surface area contributed by atoms with Gasteiger partial charge in [0.1, 0.15) is 18.1 Å². The molecule has 8 heteroatoms. The maximum Gasteiger partial charge on any atom is 0.373 e. The van der Waals surface area contributed by atoms with E-state index < -0.39 is 12.0 Å². The van der Waals surface area contributed by atoms with E-state index in [1.807, 2.05) is 0 Å². The second-order valence-electron chi connectivity index (χ2n) is 4.35. The number of nitrogens with zero attached hydrogens (tertiary/aromatic N) is 1. The molecule has 0 aliphatic heterocycles. The zero-order chi connectivity index (χ0) is 16.7. The molecule has 2 rings (SSSR count). The molecule has 0 saturated carbocycles. The largest absolute Gasteiger partial charge is 0.486 e. The van der Waals surface area contributed by atoms with Gasteiger partial charge in [-0.05, 0) is 42.0 Å². The molecule has 0 bridgehead atoms. The first-order valence-electron chi connectivity index (χ1n) is 6.57. The van der Waals surface area contributed by atoms with Crippen molar-refractivity contribution in [3.63, 3.8) is 0 Å². The predicted octanol–water partition coefficient (Wildman–Crippen LogP) is 1.65. The lowest BCUT2D eigenvalue weighted by Gasteiger charge is -2.04. The fourth-order valence-electron chi connectivity index (χ4n) is 1.64. The minimum absolute atomic E-state index is 0.125.